The molecule has 164 valence electrons. The minimum atomic E-state index is -0.947. The number of carbonyl (C=O) groups excluding carboxylic acids is 2. The van der Waals surface area contributed by atoms with Crippen molar-refractivity contribution >= 4 is 22.6 Å². The molecule has 6 nitrogen and oxygen atoms in total. The maximum absolute atomic E-state index is 12.9. The van der Waals surface area contributed by atoms with Gasteiger partial charge in [0.25, 0.3) is 5.91 Å². The third-order valence-corrected chi connectivity index (χ3v) is 6.43. The van der Waals surface area contributed by atoms with Crippen molar-refractivity contribution in [2.24, 2.45) is 0 Å². The standard InChI is InChI=1S/C25H30N2O4/c1-17(19-8-9-21-15-22(30-4)11-10-20(21)14-19)24(29)31-18(2)23(28)27(3)25(16-26)12-6-5-7-13-25/h8-11,14-15,17-18H,5-7,12-13H2,1-4H3/t17-,18-/m0/s1. The van der Waals surface area contributed by atoms with Crippen molar-refractivity contribution < 1.29 is 19.1 Å². The van der Waals surface area contributed by atoms with Gasteiger partial charge in [0, 0.05) is 7.05 Å². The first kappa shape index (κ1) is 22.6. The van der Waals surface area contributed by atoms with Gasteiger partial charge in [0.2, 0.25) is 0 Å². The highest BCUT2D eigenvalue weighted by molar-refractivity contribution is 5.88. The number of nitriles is 1. The number of rotatable bonds is 6. The zero-order valence-electron chi connectivity index (χ0n) is 18.7. The van der Waals surface area contributed by atoms with Gasteiger partial charge in [0.1, 0.15) is 11.3 Å². The molecule has 2 aromatic carbocycles. The van der Waals surface area contributed by atoms with Crippen LogP contribution in [0.5, 0.6) is 5.75 Å². The topological polar surface area (TPSA) is 79.6 Å². The Morgan fingerprint density at radius 2 is 1.71 bits per heavy atom. The Morgan fingerprint density at radius 3 is 2.35 bits per heavy atom. The van der Waals surface area contributed by atoms with Crippen molar-refractivity contribution in [2.75, 3.05) is 14.2 Å². The number of ether oxygens (including phenoxy) is 2. The molecular formula is C25H30N2O4. The quantitative estimate of drug-likeness (QED) is 0.637. The average Bonchev–Trinajstić information content (AvgIpc) is 2.82. The van der Waals surface area contributed by atoms with Crippen LogP contribution in [0.4, 0.5) is 0 Å². The van der Waals surface area contributed by atoms with Crippen LogP contribution in [0.3, 0.4) is 0 Å². The van der Waals surface area contributed by atoms with Gasteiger partial charge in [0.15, 0.2) is 6.10 Å². The van der Waals surface area contributed by atoms with Gasteiger partial charge in [-0.2, -0.15) is 5.26 Å². The summed E-state index contributed by atoms with van der Waals surface area (Å²) in [5.41, 5.74) is 0.0116. The molecule has 2 atom stereocenters. The van der Waals surface area contributed by atoms with E-state index in [0.29, 0.717) is 12.8 Å². The molecule has 2 aromatic rings. The van der Waals surface area contributed by atoms with Crippen molar-refractivity contribution in [1.29, 1.82) is 5.26 Å². The van der Waals surface area contributed by atoms with Gasteiger partial charge in [-0.1, -0.05) is 43.5 Å². The number of methoxy groups -OCH3 is 1. The summed E-state index contributed by atoms with van der Waals surface area (Å²) in [6, 6.07) is 13.9. The Balaban J connectivity index is 1.69. The van der Waals surface area contributed by atoms with E-state index in [1.807, 2.05) is 36.4 Å². The van der Waals surface area contributed by atoms with Gasteiger partial charge in [-0.05, 0) is 55.2 Å². The van der Waals surface area contributed by atoms with Gasteiger partial charge >= 0.3 is 5.97 Å². The fraction of sp³-hybridized carbons (Fsp3) is 0.480. The lowest BCUT2D eigenvalue weighted by molar-refractivity contribution is -0.161. The largest absolute Gasteiger partial charge is 0.497 e. The molecule has 0 aliphatic heterocycles. The molecular weight excluding hydrogens is 392 g/mol. The van der Waals surface area contributed by atoms with Crippen LogP contribution in [0, 0.1) is 11.3 Å². The molecule has 0 heterocycles. The van der Waals surface area contributed by atoms with Crippen molar-refractivity contribution in [3.8, 4) is 11.8 Å². The van der Waals surface area contributed by atoms with Crippen molar-refractivity contribution in [3.63, 3.8) is 0 Å². The van der Waals surface area contributed by atoms with E-state index in [9.17, 15) is 14.9 Å². The van der Waals surface area contributed by atoms with Crippen LogP contribution in [-0.2, 0) is 14.3 Å². The molecule has 1 saturated carbocycles. The van der Waals surface area contributed by atoms with Gasteiger partial charge < -0.3 is 14.4 Å². The van der Waals surface area contributed by atoms with Crippen LogP contribution in [-0.4, -0.2) is 42.6 Å². The lowest BCUT2D eigenvalue weighted by Gasteiger charge is -2.39. The summed E-state index contributed by atoms with van der Waals surface area (Å²) in [5, 5.41) is 11.7. The Labute approximate surface area is 183 Å². The van der Waals surface area contributed by atoms with E-state index >= 15 is 0 Å². The molecule has 0 aromatic heterocycles. The minimum absolute atomic E-state index is 0.338. The highest BCUT2D eigenvalue weighted by Gasteiger charge is 2.41. The summed E-state index contributed by atoms with van der Waals surface area (Å²) >= 11 is 0. The summed E-state index contributed by atoms with van der Waals surface area (Å²) in [4.78, 5) is 27.2. The van der Waals surface area contributed by atoms with E-state index < -0.39 is 23.5 Å². The molecule has 1 aliphatic carbocycles. The van der Waals surface area contributed by atoms with E-state index in [4.69, 9.17) is 9.47 Å². The first-order valence-electron chi connectivity index (χ1n) is 10.8. The van der Waals surface area contributed by atoms with Crippen LogP contribution >= 0.6 is 0 Å². The zero-order chi connectivity index (χ0) is 22.6. The third kappa shape index (κ3) is 4.66. The molecule has 0 saturated heterocycles. The lowest BCUT2D eigenvalue weighted by atomic mass is 9.81. The second-order valence-corrected chi connectivity index (χ2v) is 8.37. The monoisotopic (exact) mass is 422 g/mol. The molecule has 1 aliphatic rings. The number of nitrogens with zero attached hydrogens (tertiary/aromatic N) is 2. The van der Waals surface area contributed by atoms with Crippen molar-refractivity contribution in [1.82, 2.24) is 4.90 Å². The van der Waals surface area contributed by atoms with E-state index in [1.54, 1.807) is 28.0 Å². The van der Waals surface area contributed by atoms with E-state index in [1.165, 1.54) is 4.90 Å². The third-order valence-electron chi connectivity index (χ3n) is 6.43. The van der Waals surface area contributed by atoms with Crippen LogP contribution in [0.2, 0.25) is 0 Å². The second-order valence-electron chi connectivity index (χ2n) is 8.37. The van der Waals surface area contributed by atoms with Crippen molar-refractivity contribution in [2.45, 2.75) is 63.5 Å². The van der Waals surface area contributed by atoms with Crippen LogP contribution < -0.4 is 4.74 Å². The number of esters is 1. The fourth-order valence-electron chi connectivity index (χ4n) is 4.24. The van der Waals surface area contributed by atoms with E-state index in [-0.39, 0.29) is 5.91 Å². The number of benzene rings is 2. The maximum Gasteiger partial charge on any atom is 0.313 e. The summed E-state index contributed by atoms with van der Waals surface area (Å²) in [6.07, 6.45) is 3.28. The smallest absolute Gasteiger partial charge is 0.313 e. The molecule has 0 unspecified atom stereocenters. The normalized spacial score (nSPS) is 17.3. The van der Waals surface area contributed by atoms with Crippen molar-refractivity contribution in [3.05, 3.63) is 42.0 Å². The molecule has 0 spiro atoms. The maximum atomic E-state index is 12.9. The van der Waals surface area contributed by atoms with E-state index in [0.717, 1.165) is 41.3 Å². The van der Waals surface area contributed by atoms with Gasteiger partial charge in [0.05, 0.1) is 19.1 Å². The minimum Gasteiger partial charge on any atom is -0.497 e. The second kappa shape index (κ2) is 9.38. The molecule has 0 radical (unpaired) electrons. The Bertz CT molecular complexity index is 1000. The Hall–Kier alpha value is -3.07. The van der Waals surface area contributed by atoms with Gasteiger partial charge in [-0.15, -0.1) is 0 Å². The van der Waals surface area contributed by atoms with Crippen LogP contribution in [0.1, 0.15) is 57.4 Å². The number of amides is 1. The molecule has 0 bridgehead atoms. The summed E-state index contributed by atoms with van der Waals surface area (Å²) < 4.78 is 10.8. The van der Waals surface area contributed by atoms with Gasteiger partial charge in [-0.25, -0.2) is 0 Å². The molecule has 31 heavy (non-hydrogen) atoms. The zero-order valence-corrected chi connectivity index (χ0v) is 18.7. The molecule has 3 rings (SSSR count). The van der Waals surface area contributed by atoms with Gasteiger partial charge in [-0.3, -0.25) is 9.59 Å². The average molecular weight is 423 g/mol. The van der Waals surface area contributed by atoms with Crippen LogP contribution in [0.15, 0.2) is 36.4 Å². The highest BCUT2D eigenvalue weighted by atomic mass is 16.5. The first-order valence-corrected chi connectivity index (χ1v) is 10.8. The predicted octanol–water partition coefficient (Wildman–Crippen LogP) is 4.57. The first-order chi connectivity index (χ1) is 14.8. The summed E-state index contributed by atoms with van der Waals surface area (Å²) in [6.45, 7) is 3.34. The number of carbonyl (C=O) groups is 2. The highest BCUT2D eigenvalue weighted by Crippen LogP contribution is 2.33. The Kier molecular flexibility index (Phi) is 6.84. The predicted molar refractivity (Wildman–Crippen MR) is 119 cm³/mol. The number of likely N-dealkylation sites (N-methyl/N-ethyl adjacent to an activating group) is 1. The fourth-order valence-corrected chi connectivity index (χ4v) is 4.24. The summed E-state index contributed by atoms with van der Waals surface area (Å²) in [5.74, 6) is -0.546. The SMILES string of the molecule is COc1ccc2cc([C@H](C)C(=O)O[C@@H](C)C(=O)N(C)C3(C#N)CCCCC3)ccc2c1. The summed E-state index contributed by atoms with van der Waals surface area (Å²) in [7, 11) is 3.27. The number of hydrogen-bond donors (Lipinski definition) is 0. The number of hydrogen-bond acceptors (Lipinski definition) is 5. The van der Waals surface area contributed by atoms with E-state index in [2.05, 4.69) is 6.07 Å². The molecule has 0 N–H and O–H groups in total. The Morgan fingerprint density at radius 1 is 1.06 bits per heavy atom. The molecule has 6 heteroatoms. The lowest BCUT2D eigenvalue weighted by Crippen LogP contribution is -2.53. The molecule has 1 amide bonds. The van der Waals surface area contributed by atoms with Crippen LogP contribution in [0.25, 0.3) is 10.8 Å². The number of fused-ring (bicyclic) bond motifs is 1. The molecule has 1 fully saturated rings.